The predicted molar refractivity (Wildman–Crippen MR) is 87.7 cm³/mol. The highest BCUT2D eigenvalue weighted by molar-refractivity contribution is 7.98. The molecule has 0 aliphatic carbocycles. The maximum atomic E-state index is 12.2. The molecule has 0 aromatic heterocycles. The molecule has 0 radical (unpaired) electrons. The fraction of sp³-hybridized carbons (Fsp3) is 0.429. The van der Waals surface area contributed by atoms with Gasteiger partial charge in [-0.05, 0) is 30.6 Å². The molecule has 0 fully saturated rings. The molecule has 0 spiro atoms. The van der Waals surface area contributed by atoms with E-state index >= 15 is 0 Å². The van der Waals surface area contributed by atoms with Crippen molar-refractivity contribution in [3.05, 3.63) is 18.2 Å². The summed E-state index contributed by atoms with van der Waals surface area (Å²) in [4.78, 5) is 23.2. The highest BCUT2D eigenvalue weighted by Crippen LogP contribution is 2.29. The van der Waals surface area contributed by atoms with Gasteiger partial charge in [-0.3, -0.25) is 4.79 Å². The van der Waals surface area contributed by atoms with Crippen molar-refractivity contribution in [1.82, 2.24) is 5.32 Å². The van der Waals surface area contributed by atoms with E-state index in [0.717, 1.165) is 5.75 Å². The van der Waals surface area contributed by atoms with Crippen LogP contribution in [0.2, 0.25) is 0 Å². The quantitative estimate of drug-likeness (QED) is 0.670. The zero-order chi connectivity index (χ0) is 16.5. The van der Waals surface area contributed by atoms with Crippen LogP contribution in [0.4, 0.5) is 10.5 Å². The Morgan fingerprint density at radius 3 is 2.50 bits per heavy atom. The number of hydrogen-bond acceptors (Lipinski definition) is 5. The van der Waals surface area contributed by atoms with Gasteiger partial charge in [0.15, 0.2) is 11.5 Å². The van der Waals surface area contributed by atoms with Crippen molar-refractivity contribution in [3.63, 3.8) is 0 Å². The van der Waals surface area contributed by atoms with Crippen LogP contribution in [0.5, 0.6) is 11.5 Å². The fourth-order valence-corrected chi connectivity index (χ4v) is 2.29. The smallest absolute Gasteiger partial charge is 0.312 e. The summed E-state index contributed by atoms with van der Waals surface area (Å²) in [6.07, 6.45) is 2.41. The third-order valence-electron chi connectivity index (χ3n) is 2.89. The fourth-order valence-electron chi connectivity index (χ4n) is 1.82. The molecule has 3 amide bonds. The van der Waals surface area contributed by atoms with Crippen molar-refractivity contribution in [2.45, 2.75) is 12.5 Å². The predicted octanol–water partition coefficient (Wildman–Crippen LogP) is 1.43. The molecule has 0 saturated carbocycles. The van der Waals surface area contributed by atoms with E-state index in [1.807, 2.05) is 6.26 Å². The normalized spacial score (nSPS) is 11.4. The Hall–Kier alpha value is -2.09. The van der Waals surface area contributed by atoms with Gasteiger partial charge in [-0.15, -0.1) is 0 Å². The lowest BCUT2D eigenvalue weighted by atomic mass is 10.2. The second-order valence-electron chi connectivity index (χ2n) is 4.40. The van der Waals surface area contributed by atoms with Crippen molar-refractivity contribution in [2.75, 3.05) is 31.5 Å². The van der Waals surface area contributed by atoms with Crippen LogP contribution < -0.4 is 25.8 Å². The lowest BCUT2D eigenvalue weighted by Crippen LogP contribution is -2.46. The van der Waals surface area contributed by atoms with Crippen molar-refractivity contribution in [1.29, 1.82) is 0 Å². The first kappa shape index (κ1) is 18.0. The second kappa shape index (κ2) is 9.04. The van der Waals surface area contributed by atoms with Crippen LogP contribution in [-0.2, 0) is 4.79 Å². The van der Waals surface area contributed by atoms with E-state index in [-0.39, 0.29) is 5.91 Å². The molecular weight excluding hydrogens is 306 g/mol. The van der Waals surface area contributed by atoms with Crippen LogP contribution in [0, 0.1) is 0 Å². The molecule has 0 unspecified atom stereocenters. The van der Waals surface area contributed by atoms with E-state index < -0.39 is 12.1 Å². The van der Waals surface area contributed by atoms with Gasteiger partial charge >= 0.3 is 6.03 Å². The summed E-state index contributed by atoms with van der Waals surface area (Å²) in [6.45, 7) is 0. The Balaban J connectivity index is 2.81. The third kappa shape index (κ3) is 5.36. The summed E-state index contributed by atoms with van der Waals surface area (Å²) in [5, 5.41) is 5.17. The number of carbonyl (C=O) groups excluding carboxylic acids is 2. The zero-order valence-corrected chi connectivity index (χ0v) is 13.7. The monoisotopic (exact) mass is 327 g/mol. The van der Waals surface area contributed by atoms with Crippen molar-refractivity contribution >= 4 is 29.4 Å². The van der Waals surface area contributed by atoms with Gasteiger partial charge in [0.25, 0.3) is 0 Å². The largest absolute Gasteiger partial charge is 0.493 e. The van der Waals surface area contributed by atoms with Crippen LogP contribution in [0.3, 0.4) is 0 Å². The number of carbonyl (C=O) groups is 2. The number of nitrogens with two attached hydrogens (primary N) is 1. The lowest BCUT2D eigenvalue weighted by molar-refractivity contribution is -0.117. The van der Waals surface area contributed by atoms with E-state index in [0.29, 0.717) is 23.6 Å². The number of amides is 3. The van der Waals surface area contributed by atoms with E-state index in [1.165, 1.54) is 14.2 Å². The first-order valence-electron chi connectivity index (χ1n) is 6.59. The van der Waals surface area contributed by atoms with Crippen LogP contribution in [0.15, 0.2) is 18.2 Å². The highest BCUT2D eigenvalue weighted by atomic mass is 32.2. The topological polar surface area (TPSA) is 103 Å². The van der Waals surface area contributed by atoms with E-state index in [4.69, 9.17) is 15.2 Å². The van der Waals surface area contributed by atoms with Crippen molar-refractivity contribution in [2.24, 2.45) is 5.73 Å². The molecule has 8 heteroatoms. The minimum absolute atomic E-state index is 0.333. The number of methoxy groups -OCH3 is 2. The molecule has 0 heterocycles. The maximum absolute atomic E-state index is 12.2. The standard InChI is InChI=1S/C14H21N3O4S/c1-20-11-5-4-9(8-12(11)21-2)16-13(18)10(6-7-22-3)17-14(15)19/h4-5,8,10H,6-7H2,1-3H3,(H,16,18)(H3,15,17,19)/t10-/m0/s1. The molecule has 7 nitrogen and oxygen atoms in total. The Kier molecular flexibility index (Phi) is 7.38. The van der Waals surface area contributed by atoms with Gasteiger partial charge in [-0.2, -0.15) is 11.8 Å². The van der Waals surface area contributed by atoms with Crippen LogP contribution in [-0.4, -0.2) is 44.2 Å². The van der Waals surface area contributed by atoms with Gasteiger partial charge in [-0.1, -0.05) is 0 Å². The highest BCUT2D eigenvalue weighted by Gasteiger charge is 2.20. The van der Waals surface area contributed by atoms with Gasteiger partial charge in [0.2, 0.25) is 5.91 Å². The second-order valence-corrected chi connectivity index (χ2v) is 5.39. The summed E-state index contributed by atoms with van der Waals surface area (Å²) in [7, 11) is 3.05. The van der Waals surface area contributed by atoms with E-state index in [1.54, 1.807) is 30.0 Å². The minimum atomic E-state index is -0.728. The molecule has 22 heavy (non-hydrogen) atoms. The van der Waals surface area contributed by atoms with Crippen molar-refractivity contribution < 1.29 is 19.1 Å². The summed E-state index contributed by atoms with van der Waals surface area (Å²) < 4.78 is 10.3. The number of nitrogens with one attached hydrogen (secondary N) is 2. The number of urea groups is 1. The van der Waals surface area contributed by atoms with E-state index in [9.17, 15) is 9.59 Å². The number of primary amides is 1. The van der Waals surface area contributed by atoms with Gasteiger partial charge in [0.05, 0.1) is 14.2 Å². The van der Waals surface area contributed by atoms with Gasteiger partial charge in [0, 0.05) is 11.8 Å². The van der Waals surface area contributed by atoms with Crippen LogP contribution in [0.1, 0.15) is 6.42 Å². The Labute approximate surface area is 133 Å². The Morgan fingerprint density at radius 2 is 1.95 bits per heavy atom. The molecule has 4 N–H and O–H groups in total. The number of rotatable bonds is 8. The lowest BCUT2D eigenvalue weighted by Gasteiger charge is -2.17. The number of ether oxygens (including phenoxy) is 2. The molecule has 1 atom stereocenters. The number of anilines is 1. The molecule has 0 bridgehead atoms. The van der Waals surface area contributed by atoms with Crippen molar-refractivity contribution in [3.8, 4) is 11.5 Å². The van der Waals surface area contributed by atoms with Gasteiger partial charge in [0.1, 0.15) is 6.04 Å². The van der Waals surface area contributed by atoms with Crippen LogP contribution in [0.25, 0.3) is 0 Å². The zero-order valence-electron chi connectivity index (χ0n) is 12.8. The summed E-state index contributed by atoms with van der Waals surface area (Å²) in [6, 6.07) is 3.61. The molecule has 1 aromatic carbocycles. The first-order valence-corrected chi connectivity index (χ1v) is 7.99. The molecule has 0 aliphatic heterocycles. The Bertz CT molecular complexity index is 525. The van der Waals surface area contributed by atoms with Crippen LogP contribution >= 0.6 is 11.8 Å². The molecule has 1 aromatic rings. The average Bonchev–Trinajstić information content (AvgIpc) is 2.50. The summed E-state index contributed by atoms with van der Waals surface area (Å²) >= 11 is 1.58. The summed E-state index contributed by atoms with van der Waals surface area (Å²) in [5.41, 5.74) is 5.65. The molecule has 0 saturated heterocycles. The maximum Gasteiger partial charge on any atom is 0.312 e. The number of benzene rings is 1. The third-order valence-corrected chi connectivity index (χ3v) is 3.54. The van der Waals surface area contributed by atoms with E-state index in [2.05, 4.69) is 10.6 Å². The number of hydrogen-bond donors (Lipinski definition) is 3. The SMILES string of the molecule is COc1ccc(NC(=O)[C@H](CCSC)NC(N)=O)cc1OC. The van der Waals surface area contributed by atoms with Gasteiger partial charge in [-0.25, -0.2) is 4.79 Å². The van der Waals surface area contributed by atoms with Gasteiger partial charge < -0.3 is 25.8 Å². The minimum Gasteiger partial charge on any atom is -0.493 e. The molecule has 0 aliphatic rings. The summed E-state index contributed by atoms with van der Waals surface area (Å²) in [5.74, 6) is 1.46. The molecule has 122 valence electrons. The number of thioether (sulfide) groups is 1. The Morgan fingerprint density at radius 1 is 1.27 bits per heavy atom. The first-order chi connectivity index (χ1) is 10.5. The molecular formula is C14H21N3O4S. The molecule has 1 rings (SSSR count). The average molecular weight is 327 g/mol.